The van der Waals surface area contributed by atoms with E-state index in [0.29, 0.717) is 47.6 Å². The maximum absolute atomic E-state index is 13.9. The molecular weight excluding hydrogens is 419 g/mol. The molecule has 0 radical (unpaired) electrons. The lowest BCUT2D eigenvalue weighted by atomic mass is 10.1. The number of aliphatic hydroxyl groups is 1. The summed E-state index contributed by atoms with van der Waals surface area (Å²) in [6.07, 6.45) is 0.957. The molecule has 31 heavy (non-hydrogen) atoms. The molecule has 1 aromatic carbocycles. The molecule has 0 aliphatic carbocycles. The van der Waals surface area contributed by atoms with Gasteiger partial charge in [-0.25, -0.2) is 9.37 Å². The van der Waals surface area contributed by atoms with Crippen molar-refractivity contribution in [2.24, 2.45) is 5.92 Å². The number of H-pyrrole nitrogens is 1. The highest BCUT2D eigenvalue weighted by Gasteiger charge is 2.27. The molecule has 3 aromatic rings. The Balaban J connectivity index is 1.32. The van der Waals surface area contributed by atoms with Crippen LogP contribution in [0.1, 0.15) is 46.1 Å². The number of nitrogens with zero attached hydrogens (tertiary/aromatic N) is 2. The van der Waals surface area contributed by atoms with Gasteiger partial charge in [-0.3, -0.25) is 4.79 Å². The van der Waals surface area contributed by atoms with Crippen LogP contribution in [0.5, 0.6) is 0 Å². The third kappa shape index (κ3) is 4.05. The van der Waals surface area contributed by atoms with E-state index in [1.165, 1.54) is 12.1 Å². The molecule has 3 N–H and O–H groups in total. The van der Waals surface area contributed by atoms with Crippen LogP contribution in [0.4, 0.5) is 9.52 Å². The fraction of sp³-hybridized carbons (Fsp3) is 0.455. The largest absolute Gasteiger partial charge is 0.389 e. The number of ether oxygens (including phenoxy) is 1. The van der Waals surface area contributed by atoms with Gasteiger partial charge in [0, 0.05) is 47.8 Å². The zero-order valence-electron chi connectivity index (χ0n) is 17.3. The Morgan fingerprint density at radius 3 is 3.13 bits per heavy atom. The zero-order valence-corrected chi connectivity index (χ0v) is 18.1. The quantitative estimate of drug-likeness (QED) is 0.561. The molecule has 164 valence electrons. The minimum Gasteiger partial charge on any atom is -0.389 e. The summed E-state index contributed by atoms with van der Waals surface area (Å²) in [6, 6.07) is 4.37. The number of hydrogen-bond acceptors (Lipinski definition) is 6. The lowest BCUT2D eigenvalue weighted by molar-refractivity contribution is 0.0731. The van der Waals surface area contributed by atoms with Crippen molar-refractivity contribution < 1.29 is 19.0 Å². The lowest BCUT2D eigenvalue weighted by Gasteiger charge is -2.25. The first-order chi connectivity index (χ1) is 15.0. The first-order valence-corrected chi connectivity index (χ1v) is 11.4. The fourth-order valence-electron chi connectivity index (χ4n) is 4.28. The Bertz CT molecular complexity index is 1120. The van der Waals surface area contributed by atoms with E-state index in [0.717, 1.165) is 41.9 Å². The third-order valence-corrected chi connectivity index (χ3v) is 7.04. The normalized spacial score (nSPS) is 19.6. The second kappa shape index (κ2) is 8.22. The van der Waals surface area contributed by atoms with Gasteiger partial charge in [-0.05, 0) is 37.1 Å². The number of aliphatic hydroxyl groups excluding tert-OH is 1. The molecule has 0 bridgehead atoms. The smallest absolute Gasteiger partial charge is 0.270 e. The SMILES string of the molecule is CC(O)c1cc(F)cc2[nH]c(C(=O)N3CCc4nc(NCC5CCOC5)sc4C3)cc12. The van der Waals surface area contributed by atoms with Gasteiger partial charge in [-0.2, -0.15) is 0 Å². The molecule has 5 rings (SSSR count). The summed E-state index contributed by atoms with van der Waals surface area (Å²) >= 11 is 1.60. The predicted octanol–water partition coefficient (Wildman–Crippen LogP) is 3.46. The van der Waals surface area contributed by atoms with Gasteiger partial charge >= 0.3 is 0 Å². The molecule has 2 atom stereocenters. The van der Waals surface area contributed by atoms with E-state index >= 15 is 0 Å². The Morgan fingerprint density at radius 1 is 1.48 bits per heavy atom. The van der Waals surface area contributed by atoms with Crippen LogP contribution in [0.15, 0.2) is 18.2 Å². The fourth-order valence-corrected chi connectivity index (χ4v) is 5.31. The highest BCUT2D eigenvalue weighted by Crippen LogP contribution is 2.31. The summed E-state index contributed by atoms with van der Waals surface area (Å²) in [5.74, 6) is -0.0529. The maximum atomic E-state index is 13.9. The zero-order chi connectivity index (χ0) is 21.5. The molecule has 0 spiro atoms. The van der Waals surface area contributed by atoms with Crippen LogP contribution in [0.3, 0.4) is 0 Å². The van der Waals surface area contributed by atoms with Crippen molar-refractivity contribution in [1.29, 1.82) is 0 Å². The number of aromatic amines is 1. The molecule has 0 saturated carbocycles. The van der Waals surface area contributed by atoms with E-state index < -0.39 is 11.9 Å². The minimum absolute atomic E-state index is 0.134. The van der Waals surface area contributed by atoms with Crippen LogP contribution >= 0.6 is 11.3 Å². The number of fused-ring (bicyclic) bond motifs is 2. The van der Waals surface area contributed by atoms with E-state index in [1.54, 1.807) is 29.2 Å². The van der Waals surface area contributed by atoms with Crippen LogP contribution < -0.4 is 5.32 Å². The van der Waals surface area contributed by atoms with E-state index in [2.05, 4.69) is 10.3 Å². The average molecular weight is 445 g/mol. The number of thiazole rings is 1. The maximum Gasteiger partial charge on any atom is 0.270 e. The van der Waals surface area contributed by atoms with Crippen molar-refractivity contribution in [3.63, 3.8) is 0 Å². The van der Waals surface area contributed by atoms with Crippen LogP contribution in [-0.4, -0.2) is 52.2 Å². The second-order valence-corrected chi connectivity index (χ2v) is 9.37. The molecule has 1 amide bonds. The number of nitrogens with one attached hydrogen (secondary N) is 2. The van der Waals surface area contributed by atoms with Crippen molar-refractivity contribution in [3.8, 4) is 0 Å². The minimum atomic E-state index is -0.826. The summed E-state index contributed by atoms with van der Waals surface area (Å²) in [6.45, 7) is 5.16. The van der Waals surface area contributed by atoms with Crippen molar-refractivity contribution in [2.45, 2.75) is 32.4 Å². The van der Waals surface area contributed by atoms with E-state index in [4.69, 9.17) is 9.72 Å². The van der Waals surface area contributed by atoms with E-state index in [9.17, 15) is 14.3 Å². The molecule has 4 heterocycles. The molecule has 2 unspecified atom stereocenters. The van der Waals surface area contributed by atoms with Crippen LogP contribution in [0.25, 0.3) is 10.9 Å². The summed E-state index contributed by atoms with van der Waals surface area (Å²) in [5.41, 5.74) is 2.43. The summed E-state index contributed by atoms with van der Waals surface area (Å²) in [7, 11) is 0. The van der Waals surface area contributed by atoms with Crippen LogP contribution in [0.2, 0.25) is 0 Å². The molecule has 2 aliphatic heterocycles. The van der Waals surface area contributed by atoms with Gasteiger partial charge in [0.15, 0.2) is 5.13 Å². The van der Waals surface area contributed by atoms with Crippen molar-refractivity contribution in [1.82, 2.24) is 14.9 Å². The molecule has 1 saturated heterocycles. The first-order valence-electron chi connectivity index (χ1n) is 10.6. The molecular formula is C22H25FN4O3S. The number of benzene rings is 1. The highest BCUT2D eigenvalue weighted by atomic mass is 32.1. The number of halogens is 1. The predicted molar refractivity (Wildman–Crippen MR) is 117 cm³/mol. The summed E-state index contributed by atoms with van der Waals surface area (Å²) < 4.78 is 19.3. The number of aromatic nitrogens is 2. The standard InChI is InChI=1S/C22H25FN4O3S/c1-12(28)15-6-14(23)7-18-16(15)8-19(25-18)21(29)27-4-2-17-20(10-27)31-22(26-17)24-9-13-3-5-30-11-13/h6-8,12-13,25,28H,2-5,9-11H2,1H3,(H,24,26). The van der Waals surface area contributed by atoms with E-state index in [-0.39, 0.29) is 5.91 Å². The Kier molecular flexibility index (Phi) is 5.41. The van der Waals surface area contributed by atoms with E-state index in [1.807, 2.05) is 0 Å². The first kappa shape index (κ1) is 20.4. The van der Waals surface area contributed by atoms with Gasteiger partial charge in [-0.1, -0.05) is 11.3 Å². The number of anilines is 1. The number of rotatable bonds is 5. The number of amides is 1. The molecule has 2 aromatic heterocycles. The Labute approximate surface area is 183 Å². The second-order valence-electron chi connectivity index (χ2n) is 8.29. The van der Waals surface area contributed by atoms with Gasteiger partial charge in [-0.15, -0.1) is 0 Å². The van der Waals surface area contributed by atoms with Crippen LogP contribution in [-0.2, 0) is 17.7 Å². The number of carbonyl (C=O) groups excluding carboxylic acids is 1. The lowest BCUT2D eigenvalue weighted by Crippen LogP contribution is -2.35. The Hall–Kier alpha value is -2.49. The van der Waals surface area contributed by atoms with Gasteiger partial charge in [0.1, 0.15) is 11.5 Å². The highest BCUT2D eigenvalue weighted by molar-refractivity contribution is 7.15. The molecule has 7 nitrogen and oxygen atoms in total. The van der Waals surface area contributed by atoms with Crippen molar-refractivity contribution in [2.75, 3.05) is 31.6 Å². The Morgan fingerprint density at radius 2 is 2.35 bits per heavy atom. The van der Waals surface area contributed by atoms with Gasteiger partial charge in [0.05, 0.1) is 24.9 Å². The molecule has 9 heteroatoms. The van der Waals surface area contributed by atoms with Gasteiger partial charge < -0.3 is 25.0 Å². The molecule has 1 fully saturated rings. The summed E-state index contributed by atoms with van der Waals surface area (Å²) in [4.78, 5) is 23.8. The number of hydrogen-bond donors (Lipinski definition) is 3. The van der Waals surface area contributed by atoms with Gasteiger partial charge in [0.25, 0.3) is 5.91 Å². The topological polar surface area (TPSA) is 90.5 Å². The third-order valence-electron chi connectivity index (χ3n) is 6.00. The van der Waals surface area contributed by atoms with Crippen molar-refractivity contribution >= 4 is 33.3 Å². The monoisotopic (exact) mass is 444 g/mol. The average Bonchev–Trinajstić information content (AvgIpc) is 3.48. The summed E-state index contributed by atoms with van der Waals surface area (Å²) in [5, 5.41) is 15.0. The number of carbonyl (C=O) groups is 1. The van der Waals surface area contributed by atoms with Gasteiger partial charge in [0.2, 0.25) is 0 Å². The van der Waals surface area contributed by atoms with Crippen LogP contribution in [0, 0.1) is 11.7 Å². The van der Waals surface area contributed by atoms with Crippen molar-refractivity contribution in [3.05, 3.63) is 45.8 Å². The molecule has 2 aliphatic rings.